The predicted molar refractivity (Wildman–Crippen MR) is 133 cm³/mol. The third kappa shape index (κ3) is 8.04. The zero-order valence-corrected chi connectivity index (χ0v) is 21.0. The SMILES string of the molecule is CC1(C)Cc2cc(CNC(=O)N(Cc3ccc(F)cc3F)C3CCNCC3)ccc2O1.O=C(O)C(F)(F)F.[HH].[HH]. The van der Waals surface area contributed by atoms with Gasteiger partial charge < -0.3 is 25.4 Å². The number of piperidine rings is 1. The van der Waals surface area contributed by atoms with Gasteiger partial charge in [0.25, 0.3) is 0 Å². The summed E-state index contributed by atoms with van der Waals surface area (Å²) in [6, 6.07) is 9.23. The van der Waals surface area contributed by atoms with Gasteiger partial charge in [-0.25, -0.2) is 18.4 Å². The molecule has 0 bridgehead atoms. The summed E-state index contributed by atoms with van der Waals surface area (Å²) in [6.07, 6.45) is -2.67. The van der Waals surface area contributed by atoms with Crippen LogP contribution in [0.3, 0.4) is 0 Å². The summed E-state index contributed by atoms with van der Waals surface area (Å²) in [7, 11) is 0. The number of carbonyl (C=O) groups excluding carboxylic acids is 1. The van der Waals surface area contributed by atoms with Crippen LogP contribution < -0.4 is 15.4 Å². The van der Waals surface area contributed by atoms with Crippen LogP contribution in [0.5, 0.6) is 5.75 Å². The topological polar surface area (TPSA) is 90.9 Å². The quantitative estimate of drug-likeness (QED) is 0.444. The number of benzene rings is 2. The molecule has 2 aromatic carbocycles. The van der Waals surface area contributed by atoms with Crippen LogP contribution in [0.4, 0.5) is 26.7 Å². The number of hydrogen-bond acceptors (Lipinski definition) is 4. The standard InChI is InChI=1S/C24H29F2N3O2.C2HF3O2.2H2/c1-24(2)13-18-11-16(3-6-22(18)31-24)14-28-23(30)29(20-7-9-27-10-8-20)15-17-4-5-19(25)12-21(17)26;3-2(4,5)1(6)7;;/h3-6,11-12,20,27H,7-10,13-15H2,1-2H3,(H,28,30);(H,6,7);2*1H. The largest absolute Gasteiger partial charge is 0.490 e. The maximum atomic E-state index is 14.3. The summed E-state index contributed by atoms with van der Waals surface area (Å²) in [5.74, 6) is -3.12. The van der Waals surface area contributed by atoms with Crippen LogP contribution in [0.15, 0.2) is 36.4 Å². The number of carbonyl (C=O) groups is 2. The zero-order valence-electron chi connectivity index (χ0n) is 21.0. The van der Waals surface area contributed by atoms with Crippen LogP contribution >= 0.6 is 0 Å². The van der Waals surface area contributed by atoms with Crippen LogP contribution in [0, 0.1) is 11.6 Å². The lowest BCUT2D eigenvalue weighted by Gasteiger charge is -2.35. The Labute approximate surface area is 219 Å². The number of nitrogens with one attached hydrogen (secondary N) is 2. The van der Waals surface area contributed by atoms with Gasteiger partial charge >= 0.3 is 18.2 Å². The Morgan fingerprint density at radius 1 is 1.16 bits per heavy atom. The van der Waals surface area contributed by atoms with Crippen LogP contribution in [0.25, 0.3) is 0 Å². The van der Waals surface area contributed by atoms with Crippen LogP contribution in [0.2, 0.25) is 0 Å². The van der Waals surface area contributed by atoms with Gasteiger partial charge in [-0.3, -0.25) is 0 Å². The van der Waals surface area contributed by atoms with Gasteiger partial charge in [-0.15, -0.1) is 0 Å². The van der Waals surface area contributed by atoms with Crippen molar-refractivity contribution in [1.82, 2.24) is 15.5 Å². The van der Waals surface area contributed by atoms with Crippen molar-refractivity contribution in [2.75, 3.05) is 13.1 Å². The summed E-state index contributed by atoms with van der Waals surface area (Å²) < 4.78 is 65.2. The number of carboxylic acids is 1. The molecule has 0 unspecified atom stereocenters. The minimum absolute atomic E-state index is 0. The molecular weight excluding hydrogens is 513 g/mol. The molecule has 0 saturated carbocycles. The third-order valence-electron chi connectivity index (χ3n) is 6.18. The Hall–Kier alpha value is -3.41. The Morgan fingerprint density at radius 3 is 2.42 bits per heavy atom. The van der Waals surface area contributed by atoms with E-state index in [1.807, 2.05) is 12.1 Å². The number of alkyl halides is 3. The van der Waals surface area contributed by atoms with Gasteiger partial charge in [0.05, 0.1) is 6.54 Å². The van der Waals surface area contributed by atoms with Crippen LogP contribution in [0.1, 0.15) is 46.2 Å². The lowest BCUT2D eigenvalue weighted by molar-refractivity contribution is -0.192. The fraction of sp³-hybridized carbons (Fsp3) is 0.462. The minimum atomic E-state index is -5.08. The lowest BCUT2D eigenvalue weighted by atomic mass is 10.0. The highest BCUT2D eigenvalue weighted by atomic mass is 19.4. The van der Waals surface area contributed by atoms with Crippen molar-refractivity contribution in [3.63, 3.8) is 0 Å². The van der Waals surface area contributed by atoms with Crippen LogP contribution in [-0.2, 0) is 24.3 Å². The molecule has 2 aromatic rings. The van der Waals surface area contributed by atoms with E-state index in [9.17, 15) is 26.7 Å². The molecule has 0 atom stereocenters. The highest BCUT2D eigenvalue weighted by molar-refractivity contribution is 5.74. The number of fused-ring (bicyclic) bond motifs is 1. The van der Waals surface area contributed by atoms with E-state index in [1.165, 1.54) is 12.1 Å². The lowest BCUT2D eigenvalue weighted by Crippen LogP contribution is -2.49. The van der Waals surface area contributed by atoms with E-state index in [2.05, 4.69) is 30.5 Å². The molecule has 7 nitrogen and oxygen atoms in total. The van der Waals surface area contributed by atoms with Gasteiger partial charge in [-0.2, -0.15) is 13.2 Å². The van der Waals surface area contributed by atoms with Gasteiger partial charge in [-0.05, 0) is 63.0 Å². The molecule has 2 aliphatic rings. The van der Waals surface area contributed by atoms with E-state index in [0.717, 1.165) is 55.3 Å². The molecule has 0 aliphatic carbocycles. The molecule has 2 amide bonds. The van der Waals surface area contributed by atoms with Gasteiger partial charge in [0.1, 0.15) is 23.0 Å². The number of halogens is 5. The number of amides is 2. The second kappa shape index (κ2) is 12.0. The van der Waals surface area contributed by atoms with Gasteiger partial charge in [0.15, 0.2) is 0 Å². The molecule has 2 heterocycles. The molecule has 4 rings (SSSR count). The van der Waals surface area contributed by atoms with E-state index in [0.29, 0.717) is 12.1 Å². The van der Waals surface area contributed by atoms with Crippen molar-refractivity contribution in [2.45, 2.75) is 64.0 Å². The Kier molecular flexibility index (Phi) is 9.18. The summed E-state index contributed by atoms with van der Waals surface area (Å²) in [6.45, 7) is 6.20. The molecule has 38 heavy (non-hydrogen) atoms. The molecule has 1 fully saturated rings. The van der Waals surface area contributed by atoms with Crippen molar-refractivity contribution >= 4 is 12.0 Å². The molecular formula is C26H34F5N3O4. The summed E-state index contributed by atoms with van der Waals surface area (Å²) in [4.78, 5) is 23.7. The highest BCUT2D eigenvalue weighted by Gasteiger charge is 2.38. The van der Waals surface area contributed by atoms with Crippen molar-refractivity contribution < 1.29 is 44.2 Å². The van der Waals surface area contributed by atoms with E-state index in [1.54, 1.807) is 4.90 Å². The molecule has 3 N–H and O–H groups in total. The van der Waals surface area contributed by atoms with Crippen LogP contribution in [-0.4, -0.2) is 52.9 Å². The number of carboxylic acid groups (broad SMARTS) is 1. The Balaban J connectivity index is 0.000000792. The van der Waals surface area contributed by atoms with Crippen molar-refractivity contribution in [3.05, 3.63) is 64.7 Å². The Bertz CT molecular complexity index is 1160. The second-order valence-electron chi connectivity index (χ2n) is 9.79. The first-order chi connectivity index (χ1) is 17.7. The van der Waals surface area contributed by atoms with Gasteiger partial charge in [0, 0.05) is 33.5 Å². The zero-order chi connectivity index (χ0) is 28.1. The Morgan fingerprint density at radius 2 is 1.82 bits per heavy atom. The third-order valence-corrected chi connectivity index (χ3v) is 6.18. The number of rotatable bonds is 5. The first-order valence-electron chi connectivity index (χ1n) is 12.1. The minimum Gasteiger partial charge on any atom is -0.487 e. The van der Waals surface area contributed by atoms with Crippen molar-refractivity contribution in [1.29, 1.82) is 0 Å². The molecule has 0 aromatic heterocycles. The first-order valence-corrected chi connectivity index (χ1v) is 12.1. The number of nitrogens with zero attached hydrogens (tertiary/aromatic N) is 1. The first kappa shape index (κ1) is 29.2. The normalized spacial score (nSPS) is 16.5. The molecule has 0 radical (unpaired) electrons. The monoisotopic (exact) mass is 547 g/mol. The molecule has 12 heteroatoms. The molecule has 0 spiro atoms. The number of ether oxygens (including phenoxy) is 1. The van der Waals surface area contributed by atoms with Gasteiger partial charge in [-0.1, -0.05) is 18.2 Å². The van der Waals surface area contributed by atoms with Crippen molar-refractivity contribution in [3.8, 4) is 5.75 Å². The highest BCUT2D eigenvalue weighted by Crippen LogP contribution is 2.35. The molecule has 2 aliphatic heterocycles. The summed E-state index contributed by atoms with van der Waals surface area (Å²) in [5.41, 5.74) is 2.23. The van der Waals surface area contributed by atoms with Gasteiger partial charge in [0.2, 0.25) is 0 Å². The fourth-order valence-electron chi connectivity index (χ4n) is 4.37. The number of hydrogen-bond donors (Lipinski definition) is 3. The average Bonchev–Trinajstić information content (AvgIpc) is 3.15. The summed E-state index contributed by atoms with van der Waals surface area (Å²) >= 11 is 0. The number of aliphatic carboxylic acids is 1. The van der Waals surface area contributed by atoms with E-state index in [-0.39, 0.29) is 27.1 Å². The average molecular weight is 548 g/mol. The van der Waals surface area contributed by atoms with E-state index in [4.69, 9.17) is 14.6 Å². The fourth-order valence-corrected chi connectivity index (χ4v) is 4.37. The molecule has 212 valence electrons. The second-order valence-corrected chi connectivity index (χ2v) is 9.79. The van der Waals surface area contributed by atoms with E-state index < -0.39 is 23.8 Å². The number of urea groups is 1. The maximum absolute atomic E-state index is 14.3. The summed E-state index contributed by atoms with van der Waals surface area (Å²) in [5, 5.41) is 13.4. The predicted octanol–water partition coefficient (Wildman–Crippen LogP) is 5.27. The van der Waals surface area contributed by atoms with Crippen molar-refractivity contribution in [2.24, 2.45) is 0 Å². The van der Waals surface area contributed by atoms with E-state index >= 15 is 0 Å². The molecule has 1 saturated heterocycles. The smallest absolute Gasteiger partial charge is 0.487 e. The maximum Gasteiger partial charge on any atom is 0.490 e.